The molecule has 0 amide bonds. The van der Waals surface area contributed by atoms with E-state index in [0.717, 1.165) is 12.1 Å². The summed E-state index contributed by atoms with van der Waals surface area (Å²) in [5.41, 5.74) is 2.30. The summed E-state index contributed by atoms with van der Waals surface area (Å²) in [5, 5.41) is 3.49. The van der Waals surface area contributed by atoms with Gasteiger partial charge in [-0.3, -0.25) is 0 Å². The Morgan fingerprint density at radius 2 is 0.962 bits per heavy atom. The van der Waals surface area contributed by atoms with Crippen molar-refractivity contribution in [2.24, 2.45) is 0 Å². The maximum absolute atomic E-state index is 3.92. The van der Waals surface area contributed by atoms with Gasteiger partial charge in [0.2, 0.25) is 0 Å². The molecule has 1 aromatic carbocycles. The van der Waals surface area contributed by atoms with Crippen molar-refractivity contribution in [2.45, 2.75) is 110 Å². The summed E-state index contributed by atoms with van der Waals surface area (Å²) in [5.74, 6) is 0. The van der Waals surface area contributed by atoms with Gasteiger partial charge in [-0.2, -0.15) is 0 Å². The smallest absolute Gasteiger partial charge is 0.0340 e. The minimum atomic E-state index is 1.08. The van der Waals surface area contributed by atoms with Gasteiger partial charge < -0.3 is 5.32 Å². The van der Waals surface area contributed by atoms with Crippen LogP contribution in [0.3, 0.4) is 0 Å². The molecule has 1 rings (SSSR count). The van der Waals surface area contributed by atoms with Crippen molar-refractivity contribution in [3.8, 4) is 0 Å². The first-order chi connectivity index (χ1) is 12.8. The maximum atomic E-state index is 3.92. The van der Waals surface area contributed by atoms with Crippen LogP contribution < -0.4 is 5.32 Å². The lowest BCUT2D eigenvalue weighted by Crippen LogP contribution is -2.01. The Morgan fingerprint density at radius 1 is 0.577 bits per heavy atom. The van der Waals surface area contributed by atoms with Crippen LogP contribution in [0, 0.1) is 6.92 Å². The van der Waals surface area contributed by atoms with Crippen molar-refractivity contribution in [1.29, 1.82) is 0 Å². The summed E-state index contributed by atoms with van der Waals surface area (Å²) in [7, 11) is 0. The number of hydrogen-bond donors (Lipinski definition) is 1. The molecule has 0 aromatic heterocycles. The van der Waals surface area contributed by atoms with E-state index in [1.54, 1.807) is 0 Å². The van der Waals surface area contributed by atoms with Gasteiger partial charge in [0, 0.05) is 12.2 Å². The van der Waals surface area contributed by atoms with Crippen LogP contribution in [-0.2, 0) is 0 Å². The zero-order valence-corrected chi connectivity index (χ0v) is 17.5. The van der Waals surface area contributed by atoms with Gasteiger partial charge >= 0.3 is 0 Å². The second-order valence-corrected chi connectivity index (χ2v) is 7.93. The largest absolute Gasteiger partial charge is 0.385 e. The van der Waals surface area contributed by atoms with Crippen molar-refractivity contribution >= 4 is 5.69 Å². The predicted molar refractivity (Wildman–Crippen MR) is 119 cm³/mol. The number of rotatable bonds is 18. The highest BCUT2D eigenvalue weighted by Gasteiger charge is 1.95. The number of unbranched alkanes of at least 4 members (excludes halogenated alkanes) is 15. The van der Waals surface area contributed by atoms with Crippen LogP contribution in [0.25, 0.3) is 0 Å². The fraction of sp³-hybridized carbons (Fsp3) is 0.720. The van der Waals surface area contributed by atoms with E-state index in [9.17, 15) is 0 Å². The Balaban J connectivity index is 1.72. The molecule has 0 saturated heterocycles. The average Bonchev–Trinajstić information content (AvgIpc) is 2.66. The van der Waals surface area contributed by atoms with E-state index in [1.807, 2.05) is 0 Å². The minimum absolute atomic E-state index is 1.08. The van der Waals surface area contributed by atoms with Crippen molar-refractivity contribution in [2.75, 3.05) is 11.9 Å². The van der Waals surface area contributed by atoms with Crippen LogP contribution in [0.4, 0.5) is 5.69 Å². The van der Waals surface area contributed by atoms with E-state index < -0.39 is 0 Å². The van der Waals surface area contributed by atoms with Crippen LogP contribution in [0.1, 0.15) is 115 Å². The fourth-order valence-corrected chi connectivity index (χ4v) is 3.53. The molecule has 1 radical (unpaired) electrons. The number of anilines is 1. The lowest BCUT2D eigenvalue weighted by molar-refractivity contribution is 0.530. The summed E-state index contributed by atoms with van der Waals surface area (Å²) in [6.45, 7) is 7.30. The number of nitrogens with one attached hydrogen (secondary N) is 1. The molecule has 1 nitrogen and oxygen atoms in total. The third-order valence-corrected chi connectivity index (χ3v) is 5.31. The quantitative estimate of drug-likeness (QED) is 0.259. The van der Waals surface area contributed by atoms with Gasteiger partial charge in [0.25, 0.3) is 0 Å². The predicted octanol–water partition coefficient (Wildman–Crippen LogP) is 8.54. The Bertz CT molecular complexity index is 395. The fourth-order valence-electron chi connectivity index (χ4n) is 3.53. The molecule has 0 heterocycles. The second-order valence-electron chi connectivity index (χ2n) is 7.93. The molecule has 0 spiro atoms. The summed E-state index contributed by atoms with van der Waals surface area (Å²) < 4.78 is 0. The Morgan fingerprint density at radius 3 is 1.38 bits per heavy atom. The molecule has 0 aliphatic rings. The molecule has 1 aromatic rings. The van der Waals surface area contributed by atoms with Gasteiger partial charge in [-0.05, 0) is 31.0 Å². The summed E-state index contributed by atoms with van der Waals surface area (Å²) in [4.78, 5) is 0. The standard InChI is InChI=1S/C25H44N/c1-3-4-5-6-7-8-9-10-11-12-13-14-15-16-17-18-23-26-25-21-19-24(2)20-22-25/h19-22,26H,2-18,23H2,1H3. The molecule has 0 saturated carbocycles. The third-order valence-electron chi connectivity index (χ3n) is 5.31. The second kappa shape index (κ2) is 17.4. The molecule has 1 heteroatoms. The lowest BCUT2D eigenvalue weighted by atomic mass is 10.0. The maximum Gasteiger partial charge on any atom is 0.0340 e. The Hall–Kier alpha value is -0.980. The van der Waals surface area contributed by atoms with E-state index >= 15 is 0 Å². The Labute approximate surface area is 164 Å². The first-order valence-corrected chi connectivity index (χ1v) is 11.5. The van der Waals surface area contributed by atoms with Gasteiger partial charge in [0.05, 0.1) is 0 Å². The third kappa shape index (κ3) is 14.2. The zero-order chi connectivity index (χ0) is 18.7. The molecule has 0 aliphatic heterocycles. The van der Waals surface area contributed by atoms with Gasteiger partial charge in [-0.15, -0.1) is 0 Å². The SMILES string of the molecule is [CH2]c1ccc(NCCCCCCCCCCCCCCCCCC)cc1. The van der Waals surface area contributed by atoms with E-state index in [0.29, 0.717) is 0 Å². The molecule has 0 fully saturated rings. The van der Waals surface area contributed by atoms with Crippen molar-refractivity contribution in [3.63, 3.8) is 0 Å². The average molecular weight is 359 g/mol. The van der Waals surface area contributed by atoms with Crippen LogP contribution in [0.2, 0.25) is 0 Å². The molecular weight excluding hydrogens is 314 g/mol. The van der Waals surface area contributed by atoms with E-state index in [1.165, 1.54) is 108 Å². The molecule has 0 bridgehead atoms. The van der Waals surface area contributed by atoms with E-state index in [-0.39, 0.29) is 0 Å². The molecule has 1 N–H and O–H groups in total. The van der Waals surface area contributed by atoms with Gasteiger partial charge in [-0.25, -0.2) is 0 Å². The minimum Gasteiger partial charge on any atom is -0.385 e. The van der Waals surface area contributed by atoms with Crippen LogP contribution in [-0.4, -0.2) is 6.54 Å². The first-order valence-electron chi connectivity index (χ1n) is 11.5. The summed E-state index contributed by atoms with van der Waals surface area (Å²) in [6.07, 6.45) is 22.9. The van der Waals surface area contributed by atoms with Gasteiger partial charge in [0.15, 0.2) is 0 Å². The number of benzene rings is 1. The first kappa shape index (κ1) is 23.1. The highest BCUT2D eigenvalue weighted by Crippen LogP contribution is 2.14. The van der Waals surface area contributed by atoms with Crippen LogP contribution in [0.5, 0.6) is 0 Å². The lowest BCUT2D eigenvalue weighted by Gasteiger charge is -2.06. The molecule has 0 unspecified atom stereocenters. The van der Waals surface area contributed by atoms with E-state index in [2.05, 4.69) is 43.4 Å². The van der Waals surface area contributed by atoms with E-state index in [4.69, 9.17) is 0 Å². The Kier molecular flexibility index (Phi) is 15.5. The van der Waals surface area contributed by atoms with Crippen molar-refractivity contribution < 1.29 is 0 Å². The molecule has 0 aliphatic carbocycles. The monoisotopic (exact) mass is 358 g/mol. The van der Waals surface area contributed by atoms with Crippen molar-refractivity contribution in [1.82, 2.24) is 0 Å². The molecule has 26 heavy (non-hydrogen) atoms. The van der Waals surface area contributed by atoms with Crippen LogP contribution >= 0.6 is 0 Å². The zero-order valence-electron chi connectivity index (χ0n) is 17.5. The number of hydrogen-bond acceptors (Lipinski definition) is 1. The van der Waals surface area contributed by atoms with Crippen molar-refractivity contribution in [3.05, 3.63) is 36.8 Å². The van der Waals surface area contributed by atoms with Gasteiger partial charge in [0.1, 0.15) is 0 Å². The highest BCUT2D eigenvalue weighted by molar-refractivity contribution is 5.44. The van der Waals surface area contributed by atoms with Gasteiger partial charge in [-0.1, -0.05) is 115 Å². The molecule has 0 atom stereocenters. The topological polar surface area (TPSA) is 12.0 Å². The molecule has 149 valence electrons. The molecular formula is C25H44N. The summed E-state index contributed by atoms with van der Waals surface area (Å²) in [6, 6.07) is 8.37. The van der Waals surface area contributed by atoms with Crippen LogP contribution in [0.15, 0.2) is 24.3 Å². The highest BCUT2D eigenvalue weighted by atomic mass is 14.9. The summed E-state index contributed by atoms with van der Waals surface area (Å²) >= 11 is 0. The normalized spacial score (nSPS) is 11.0.